The van der Waals surface area contributed by atoms with Gasteiger partial charge >= 0.3 is 0 Å². The lowest BCUT2D eigenvalue weighted by molar-refractivity contribution is -0.385. The van der Waals surface area contributed by atoms with E-state index < -0.39 is 4.92 Å². The maximum atomic E-state index is 10.7. The van der Waals surface area contributed by atoms with Crippen LogP contribution in [0.4, 0.5) is 17.1 Å². The Morgan fingerprint density at radius 3 is 2.89 bits per heavy atom. The van der Waals surface area contributed by atoms with E-state index in [9.17, 15) is 10.1 Å². The molecule has 0 fully saturated rings. The lowest BCUT2D eigenvalue weighted by Gasteiger charge is -2.05. The number of H-pyrrole nitrogens is 1. The first kappa shape index (κ1) is 11.2. The molecule has 0 aliphatic heterocycles. The van der Waals surface area contributed by atoms with Crippen molar-refractivity contribution in [3.8, 4) is 0 Å². The minimum atomic E-state index is -0.465. The Morgan fingerprint density at radius 2 is 2.05 bits per heavy atom. The third-order valence-electron chi connectivity index (χ3n) is 2.78. The van der Waals surface area contributed by atoms with Crippen molar-refractivity contribution in [3.63, 3.8) is 0 Å². The molecule has 0 spiro atoms. The molecule has 19 heavy (non-hydrogen) atoms. The summed E-state index contributed by atoms with van der Waals surface area (Å²) in [6.45, 7) is 0. The second kappa shape index (κ2) is 4.41. The van der Waals surface area contributed by atoms with E-state index in [1.807, 2.05) is 30.5 Å². The fourth-order valence-electron chi connectivity index (χ4n) is 1.89. The van der Waals surface area contributed by atoms with E-state index in [2.05, 4.69) is 15.3 Å². The predicted octanol–water partition coefficient (Wildman–Crippen LogP) is 3.21. The summed E-state index contributed by atoms with van der Waals surface area (Å²) in [5.41, 5.74) is 2.45. The van der Waals surface area contributed by atoms with E-state index in [0.717, 1.165) is 16.6 Å². The van der Waals surface area contributed by atoms with Gasteiger partial charge in [-0.2, -0.15) is 0 Å². The van der Waals surface area contributed by atoms with Gasteiger partial charge < -0.3 is 10.3 Å². The van der Waals surface area contributed by atoms with E-state index in [-0.39, 0.29) is 5.69 Å². The molecule has 0 atom stereocenters. The molecule has 0 unspecified atom stereocenters. The number of hydrogen-bond acceptors (Lipinski definition) is 4. The van der Waals surface area contributed by atoms with Crippen molar-refractivity contribution in [1.82, 2.24) is 9.97 Å². The van der Waals surface area contributed by atoms with Crippen molar-refractivity contribution in [2.75, 3.05) is 5.32 Å². The first-order valence-corrected chi connectivity index (χ1v) is 5.66. The largest absolute Gasteiger partial charge is 0.361 e. The van der Waals surface area contributed by atoms with Crippen molar-refractivity contribution in [2.24, 2.45) is 0 Å². The van der Waals surface area contributed by atoms with Crippen LogP contribution in [-0.4, -0.2) is 14.9 Å². The molecule has 2 N–H and O–H groups in total. The average molecular weight is 254 g/mol. The summed E-state index contributed by atoms with van der Waals surface area (Å²) in [6.07, 6.45) is 4.64. The maximum absolute atomic E-state index is 10.7. The van der Waals surface area contributed by atoms with Gasteiger partial charge in [0.05, 0.1) is 16.8 Å². The number of rotatable bonds is 3. The number of benzene rings is 1. The van der Waals surface area contributed by atoms with Crippen molar-refractivity contribution in [1.29, 1.82) is 0 Å². The molecule has 3 aromatic rings. The zero-order valence-corrected chi connectivity index (χ0v) is 9.83. The molecule has 0 aliphatic carbocycles. The highest BCUT2D eigenvalue weighted by atomic mass is 16.6. The van der Waals surface area contributed by atoms with Crippen LogP contribution in [0.5, 0.6) is 0 Å². The Morgan fingerprint density at radius 1 is 1.16 bits per heavy atom. The molecule has 6 heteroatoms. The Hall–Kier alpha value is -2.89. The molecule has 94 valence electrons. The van der Waals surface area contributed by atoms with E-state index >= 15 is 0 Å². The Balaban J connectivity index is 1.91. The van der Waals surface area contributed by atoms with E-state index in [1.165, 1.54) is 12.3 Å². The fourth-order valence-corrected chi connectivity index (χ4v) is 1.89. The summed E-state index contributed by atoms with van der Waals surface area (Å²) in [7, 11) is 0. The molecule has 0 amide bonds. The highest BCUT2D eigenvalue weighted by Gasteiger charge is 2.07. The summed E-state index contributed by atoms with van der Waals surface area (Å²) in [5.74, 6) is 0. The lowest BCUT2D eigenvalue weighted by atomic mass is 10.2. The maximum Gasteiger partial charge on any atom is 0.289 e. The molecule has 2 aromatic heterocycles. The number of anilines is 2. The van der Waals surface area contributed by atoms with Crippen molar-refractivity contribution in [3.05, 3.63) is 59.0 Å². The van der Waals surface area contributed by atoms with Gasteiger partial charge in [0.2, 0.25) is 0 Å². The van der Waals surface area contributed by atoms with E-state index in [0.29, 0.717) is 5.69 Å². The van der Waals surface area contributed by atoms with Crippen LogP contribution >= 0.6 is 0 Å². The lowest BCUT2D eigenvalue weighted by Crippen LogP contribution is -1.94. The number of fused-ring (bicyclic) bond motifs is 1. The Kier molecular flexibility index (Phi) is 2.60. The molecule has 0 radical (unpaired) electrons. The molecule has 0 aliphatic rings. The minimum absolute atomic E-state index is 0.0345. The predicted molar refractivity (Wildman–Crippen MR) is 72.5 cm³/mol. The summed E-state index contributed by atoms with van der Waals surface area (Å²) in [4.78, 5) is 17.2. The van der Waals surface area contributed by atoms with Crippen LogP contribution in [0.25, 0.3) is 10.9 Å². The van der Waals surface area contributed by atoms with Crippen LogP contribution < -0.4 is 5.32 Å². The number of hydrogen-bond donors (Lipinski definition) is 2. The van der Waals surface area contributed by atoms with Gasteiger partial charge in [-0.1, -0.05) is 0 Å². The standard InChI is InChI=1S/C13H10N4O2/c18-17(19)12-6-11(7-14-8-12)16-10-1-2-13-9(5-10)3-4-15-13/h1-8,15-16H. The number of pyridine rings is 1. The average Bonchev–Trinajstić information content (AvgIpc) is 2.86. The smallest absolute Gasteiger partial charge is 0.289 e. The summed E-state index contributed by atoms with van der Waals surface area (Å²) in [6, 6.07) is 9.23. The van der Waals surface area contributed by atoms with Gasteiger partial charge in [-0.05, 0) is 24.3 Å². The van der Waals surface area contributed by atoms with Crippen LogP contribution in [0, 0.1) is 10.1 Å². The zero-order chi connectivity index (χ0) is 13.2. The minimum Gasteiger partial charge on any atom is -0.361 e. The second-order valence-corrected chi connectivity index (χ2v) is 4.09. The molecular formula is C13H10N4O2. The summed E-state index contributed by atoms with van der Waals surface area (Å²) in [5, 5.41) is 14.9. The first-order valence-electron chi connectivity index (χ1n) is 5.66. The van der Waals surface area contributed by atoms with Gasteiger partial charge in [-0.3, -0.25) is 15.1 Å². The second-order valence-electron chi connectivity index (χ2n) is 4.09. The molecule has 3 rings (SSSR count). The monoisotopic (exact) mass is 254 g/mol. The SMILES string of the molecule is O=[N+]([O-])c1cncc(Nc2ccc3[nH]ccc3c2)c1. The number of aromatic amines is 1. The number of nitro groups is 1. The molecular weight excluding hydrogens is 244 g/mol. The topological polar surface area (TPSA) is 83.8 Å². The number of nitrogens with one attached hydrogen (secondary N) is 2. The van der Waals surface area contributed by atoms with E-state index in [4.69, 9.17) is 0 Å². The van der Waals surface area contributed by atoms with Gasteiger partial charge in [0.15, 0.2) is 0 Å². The molecule has 6 nitrogen and oxygen atoms in total. The van der Waals surface area contributed by atoms with Crippen molar-refractivity contribution < 1.29 is 4.92 Å². The zero-order valence-electron chi connectivity index (χ0n) is 9.83. The summed E-state index contributed by atoms with van der Waals surface area (Å²) < 4.78 is 0. The molecule has 0 saturated heterocycles. The quantitative estimate of drug-likeness (QED) is 0.555. The number of nitrogens with zero attached hydrogens (tertiary/aromatic N) is 2. The van der Waals surface area contributed by atoms with E-state index in [1.54, 1.807) is 6.20 Å². The van der Waals surface area contributed by atoms with Crippen LogP contribution in [0.3, 0.4) is 0 Å². The van der Waals surface area contributed by atoms with Gasteiger partial charge in [0, 0.05) is 28.9 Å². The van der Waals surface area contributed by atoms with Crippen molar-refractivity contribution in [2.45, 2.75) is 0 Å². The molecule has 1 aromatic carbocycles. The first-order chi connectivity index (χ1) is 9.22. The molecule has 0 bridgehead atoms. The highest BCUT2D eigenvalue weighted by Crippen LogP contribution is 2.23. The molecule has 0 saturated carbocycles. The Labute approximate surface area is 108 Å². The van der Waals surface area contributed by atoms with Crippen LogP contribution in [0.1, 0.15) is 0 Å². The van der Waals surface area contributed by atoms with Crippen LogP contribution in [0.2, 0.25) is 0 Å². The van der Waals surface area contributed by atoms with Gasteiger partial charge in [0.1, 0.15) is 6.20 Å². The normalized spacial score (nSPS) is 10.5. The fraction of sp³-hybridized carbons (Fsp3) is 0. The van der Waals surface area contributed by atoms with Gasteiger partial charge in [-0.15, -0.1) is 0 Å². The third-order valence-corrected chi connectivity index (χ3v) is 2.78. The third kappa shape index (κ3) is 2.23. The Bertz CT molecular complexity index is 751. The van der Waals surface area contributed by atoms with Crippen LogP contribution in [-0.2, 0) is 0 Å². The molecule has 2 heterocycles. The van der Waals surface area contributed by atoms with Crippen molar-refractivity contribution >= 4 is 28.0 Å². The highest BCUT2D eigenvalue weighted by molar-refractivity contribution is 5.84. The van der Waals surface area contributed by atoms with Gasteiger partial charge in [0.25, 0.3) is 5.69 Å². The van der Waals surface area contributed by atoms with Gasteiger partial charge in [-0.25, -0.2) is 0 Å². The summed E-state index contributed by atoms with van der Waals surface area (Å²) >= 11 is 0. The van der Waals surface area contributed by atoms with Crippen LogP contribution in [0.15, 0.2) is 48.9 Å². The number of aromatic nitrogens is 2.